The average Bonchev–Trinajstić information content (AvgIpc) is 2.92. The minimum Gasteiger partial charge on any atom is -0.353 e. The fourth-order valence-electron chi connectivity index (χ4n) is 4.34. The first-order valence-corrected chi connectivity index (χ1v) is 13.5. The summed E-state index contributed by atoms with van der Waals surface area (Å²) in [7, 11) is 0. The Balaban J connectivity index is 1.64. The number of halogens is 1. The van der Waals surface area contributed by atoms with Crippen LogP contribution in [0.5, 0.6) is 0 Å². The van der Waals surface area contributed by atoms with Crippen molar-refractivity contribution in [1.82, 2.24) is 5.32 Å². The Morgan fingerprint density at radius 3 is 2.39 bits per heavy atom. The molecule has 1 aliphatic heterocycles. The maximum atomic E-state index is 13.5. The van der Waals surface area contributed by atoms with E-state index in [1.54, 1.807) is 31.2 Å². The molecule has 1 atom stereocenters. The molecular formula is C30H27ClN4O2S. The molecule has 1 unspecified atom stereocenters. The monoisotopic (exact) mass is 542 g/mol. The summed E-state index contributed by atoms with van der Waals surface area (Å²) in [5.74, 6) is -1.15. The quantitative estimate of drug-likeness (QED) is 0.298. The molecular weight excluding hydrogens is 516 g/mol. The summed E-state index contributed by atoms with van der Waals surface area (Å²) in [6, 6.07) is 26.3. The SMILES string of the molecule is CCc1ccccc1NC(=O)CSC1=C(C#N)C(c2ccccc2Cl)C(C(=O)Nc2ccccc2)=C(C)N1. The van der Waals surface area contributed by atoms with Crippen LogP contribution >= 0.6 is 23.4 Å². The number of benzene rings is 3. The second-order valence-electron chi connectivity index (χ2n) is 8.64. The third-order valence-electron chi connectivity index (χ3n) is 6.16. The Bertz CT molecular complexity index is 1460. The molecule has 0 saturated carbocycles. The predicted molar refractivity (Wildman–Crippen MR) is 155 cm³/mol. The maximum Gasteiger partial charge on any atom is 0.254 e. The van der Waals surface area contributed by atoms with Gasteiger partial charge in [-0.2, -0.15) is 5.26 Å². The minimum atomic E-state index is -0.704. The van der Waals surface area contributed by atoms with Crippen molar-refractivity contribution in [2.75, 3.05) is 16.4 Å². The van der Waals surface area contributed by atoms with Gasteiger partial charge in [0.1, 0.15) is 0 Å². The number of amides is 2. The predicted octanol–water partition coefficient (Wildman–Crippen LogP) is 6.61. The molecule has 4 rings (SSSR count). The number of hydrogen-bond donors (Lipinski definition) is 3. The zero-order valence-electron chi connectivity index (χ0n) is 21.0. The number of dihydropyridines is 1. The van der Waals surface area contributed by atoms with E-state index in [0.717, 1.165) is 17.7 Å². The number of allylic oxidation sites excluding steroid dienone is 2. The summed E-state index contributed by atoms with van der Waals surface area (Å²) in [5, 5.41) is 20.3. The van der Waals surface area contributed by atoms with Gasteiger partial charge in [-0.05, 0) is 48.7 Å². The highest BCUT2D eigenvalue weighted by Gasteiger charge is 2.36. The molecule has 0 radical (unpaired) electrons. The third-order valence-corrected chi connectivity index (χ3v) is 7.52. The van der Waals surface area contributed by atoms with Gasteiger partial charge >= 0.3 is 0 Å². The lowest BCUT2D eigenvalue weighted by Crippen LogP contribution is -2.31. The highest BCUT2D eigenvalue weighted by atomic mass is 35.5. The lowest BCUT2D eigenvalue weighted by molar-refractivity contribution is -0.114. The second-order valence-corrected chi connectivity index (χ2v) is 10.0. The third kappa shape index (κ3) is 6.10. The summed E-state index contributed by atoms with van der Waals surface area (Å²) >= 11 is 7.80. The van der Waals surface area contributed by atoms with Crippen molar-refractivity contribution in [3.63, 3.8) is 0 Å². The van der Waals surface area contributed by atoms with Crippen LogP contribution in [0.1, 0.15) is 30.9 Å². The zero-order chi connectivity index (χ0) is 27.1. The van der Waals surface area contributed by atoms with Gasteiger partial charge in [0.15, 0.2) is 0 Å². The molecule has 3 N–H and O–H groups in total. The molecule has 6 nitrogen and oxygen atoms in total. The first kappa shape index (κ1) is 27.1. The van der Waals surface area contributed by atoms with Gasteiger partial charge < -0.3 is 16.0 Å². The van der Waals surface area contributed by atoms with Gasteiger partial charge in [-0.1, -0.05) is 84.9 Å². The second kappa shape index (κ2) is 12.5. The van der Waals surface area contributed by atoms with E-state index in [1.165, 1.54) is 11.8 Å². The number of carbonyl (C=O) groups is 2. The number of rotatable bonds is 8. The lowest BCUT2D eigenvalue weighted by Gasteiger charge is -2.30. The van der Waals surface area contributed by atoms with Gasteiger partial charge in [0.2, 0.25) is 5.91 Å². The molecule has 0 saturated heterocycles. The van der Waals surface area contributed by atoms with Crippen LogP contribution in [0.25, 0.3) is 0 Å². The fraction of sp³-hybridized carbons (Fsp3) is 0.167. The summed E-state index contributed by atoms with van der Waals surface area (Å²) in [5.41, 5.74) is 4.41. The summed E-state index contributed by atoms with van der Waals surface area (Å²) in [6.07, 6.45) is 0.798. The van der Waals surface area contributed by atoms with Gasteiger partial charge in [0, 0.05) is 27.7 Å². The van der Waals surface area contributed by atoms with E-state index in [9.17, 15) is 14.9 Å². The highest BCUT2D eigenvalue weighted by Crippen LogP contribution is 2.43. The molecule has 8 heteroatoms. The molecule has 2 amide bonds. The van der Waals surface area contributed by atoms with Crippen LogP contribution in [0.3, 0.4) is 0 Å². The Labute approximate surface area is 231 Å². The molecule has 0 bridgehead atoms. The smallest absolute Gasteiger partial charge is 0.254 e. The standard InChI is InChI=1S/C30H27ClN4O2S/c1-3-20-11-7-10-16-25(20)35-26(36)18-38-30-23(17-32)28(22-14-8-9-15-24(22)31)27(19(2)33-30)29(37)34-21-12-5-4-6-13-21/h4-16,28,33H,3,18H2,1-2H3,(H,34,37)(H,35,36). The molecule has 1 aliphatic rings. The summed E-state index contributed by atoms with van der Waals surface area (Å²) in [6.45, 7) is 3.82. The van der Waals surface area contributed by atoms with Crippen molar-refractivity contribution in [1.29, 1.82) is 5.26 Å². The molecule has 192 valence electrons. The first-order valence-electron chi connectivity index (χ1n) is 12.2. The Kier molecular flexibility index (Phi) is 8.90. The number of anilines is 2. The van der Waals surface area contributed by atoms with E-state index in [0.29, 0.717) is 38.1 Å². The van der Waals surface area contributed by atoms with Crippen LogP contribution in [0.2, 0.25) is 5.02 Å². The van der Waals surface area contributed by atoms with Crippen LogP contribution in [0.15, 0.2) is 101 Å². The number of nitrogens with zero attached hydrogens (tertiary/aromatic N) is 1. The molecule has 0 spiro atoms. The number of hydrogen-bond acceptors (Lipinski definition) is 5. The van der Waals surface area contributed by atoms with Crippen LogP contribution in [0, 0.1) is 11.3 Å². The van der Waals surface area contributed by atoms with Gasteiger partial charge in [-0.3, -0.25) is 9.59 Å². The van der Waals surface area contributed by atoms with Gasteiger partial charge in [-0.15, -0.1) is 0 Å². The fourth-order valence-corrected chi connectivity index (χ4v) is 5.48. The molecule has 3 aromatic carbocycles. The van der Waals surface area contributed by atoms with Gasteiger partial charge in [0.05, 0.1) is 28.3 Å². The van der Waals surface area contributed by atoms with Crippen molar-refractivity contribution in [2.24, 2.45) is 0 Å². The molecule has 0 fully saturated rings. The highest BCUT2D eigenvalue weighted by molar-refractivity contribution is 8.03. The van der Waals surface area contributed by atoms with Crippen LogP contribution in [0.4, 0.5) is 11.4 Å². The van der Waals surface area contributed by atoms with Crippen molar-refractivity contribution in [3.05, 3.63) is 117 Å². The Morgan fingerprint density at radius 2 is 1.68 bits per heavy atom. The van der Waals surface area contributed by atoms with E-state index in [4.69, 9.17) is 11.6 Å². The summed E-state index contributed by atoms with van der Waals surface area (Å²) < 4.78 is 0. The number of para-hydroxylation sites is 2. The van der Waals surface area contributed by atoms with Crippen molar-refractivity contribution >= 4 is 46.6 Å². The van der Waals surface area contributed by atoms with Crippen molar-refractivity contribution < 1.29 is 9.59 Å². The number of aryl methyl sites for hydroxylation is 1. The molecule has 0 aromatic heterocycles. The normalized spacial score (nSPS) is 14.9. The number of nitrogens with one attached hydrogen (secondary N) is 3. The molecule has 1 heterocycles. The zero-order valence-corrected chi connectivity index (χ0v) is 22.6. The number of carbonyl (C=O) groups excluding carboxylic acids is 2. The van der Waals surface area contributed by atoms with Gasteiger partial charge in [0.25, 0.3) is 5.91 Å². The first-order chi connectivity index (χ1) is 18.4. The lowest BCUT2D eigenvalue weighted by atomic mass is 9.82. The average molecular weight is 543 g/mol. The van der Waals surface area contributed by atoms with Crippen molar-refractivity contribution in [2.45, 2.75) is 26.2 Å². The maximum absolute atomic E-state index is 13.5. The minimum absolute atomic E-state index is 0.0830. The molecule has 3 aromatic rings. The molecule has 38 heavy (non-hydrogen) atoms. The van der Waals surface area contributed by atoms with E-state index < -0.39 is 5.92 Å². The Morgan fingerprint density at radius 1 is 1.00 bits per heavy atom. The van der Waals surface area contributed by atoms with Gasteiger partial charge in [-0.25, -0.2) is 0 Å². The van der Waals surface area contributed by atoms with Crippen LogP contribution in [-0.4, -0.2) is 17.6 Å². The van der Waals surface area contributed by atoms with E-state index >= 15 is 0 Å². The van der Waals surface area contributed by atoms with Crippen LogP contribution in [-0.2, 0) is 16.0 Å². The number of thioether (sulfide) groups is 1. The van der Waals surface area contributed by atoms with E-state index in [2.05, 4.69) is 22.0 Å². The topological polar surface area (TPSA) is 94.0 Å². The Hall–Kier alpha value is -3.99. The largest absolute Gasteiger partial charge is 0.353 e. The summed E-state index contributed by atoms with van der Waals surface area (Å²) in [4.78, 5) is 26.3. The number of nitriles is 1. The van der Waals surface area contributed by atoms with E-state index in [1.807, 2.05) is 61.5 Å². The molecule has 0 aliphatic carbocycles. The van der Waals surface area contributed by atoms with E-state index in [-0.39, 0.29) is 17.6 Å². The van der Waals surface area contributed by atoms with Crippen molar-refractivity contribution in [3.8, 4) is 6.07 Å². The van der Waals surface area contributed by atoms with Crippen LogP contribution < -0.4 is 16.0 Å².